The van der Waals surface area contributed by atoms with Crippen molar-refractivity contribution in [3.05, 3.63) is 35.4 Å². The van der Waals surface area contributed by atoms with Crippen LogP contribution in [0.25, 0.3) is 0 Å². The maximum absolute atomic E-state index is 2.12. The van der Waals surface area contributed by atoms with Crippen LogP contribution in [0.2, 0.25) is 0 Å². The Bertz CT molecular complexity index is 156. The van der Waals surface area contributed by atoms with E-state index in [4.69, 9.17) is 0 Å². The number of hydrogen-bond donors (Lipinski definition) is 0. The first-order valence-corrected chi connectivity index (χ1v) is 4.24. The van der Waals surface area contributed by atoms with Gasteiger partial charge in [0.15, 0.2) is 0 Å². The predicted molar refractivity (Wildman–Crippen MR) is 51.9 cm³/mol. The summed E-state index contributed by atoms with van der Waals surface area (Å²) < 4.78 is 0. The van der Waals surface area contributed by atoms with Crippen LogP contribution in [0.5, 0.6) is 0 Å². The summed E-state index contributed by atoms with van der Waals surface area (Å²) >= 11 is 0. The van der Waals surface area contributed by atoms with Gasteiger partial charge in [-0.15, -0.1) is 0 Å². The molecule has 0 bridgehead atoms. The van der Waals surface area contributed by atoms with Crippen LogP contribution in [0.1, 0.15) is 31.4 Å². The van der Waals surface area contributed by atoms with E-state index in [1.807, 2.05) is 0 Å². The normalized spacial score (nSPS) is 7.67. The van der Waals surface area contributed by atoms with Crippen LogP contribution in [0, 0.1) is 13.8 Å². The molecule has 12 heavy (non-hydrogen) atoms. The Morgan fingerprint density at radius 1 is 0.833 bits per heavy atom. The van der Waals surface area contributed by atoms with E-state index in [1.165, 1.54) is 17.5 Å². The van der Waals surface area contributed by atoms with Crippen molar-refractivity contribution in [3.8, 4) is 0 Å². The van der Waals surface area contributed by atoms with Gasteiger partial charge in [0.25, 0.3) is 0 Å². The van der Waals surface area contributed by atoms with Crippen LogP contribution in [-0.4, -0.2) is 0 Å². The molecule has 68 valence electrons. The maximum Gasteiger partial charge on any atom is 0 e. The summed E-state index contributed by atoms with van der Waals surface area (Å²) in [4.78, 5) is 0. The summed E-state index contributed by atoms with van der Waals surface area (Å²) in [5.41, 5.74) is 2.66. The van der Waals surface area contributed by atoms with Crippen LogP contribution >= 0.6 is 0 Å². The Hall–Kier alpha value is -0.0917. The smallest absolute Gasteiger partial charge is 0 e. The molecule has 0 aliphatic rings. The molecule has 1 heteroatoms. The molecule has 1 rings (SSSR count). The maximum atomic E-state index is 2.12. The van der Waals surface area contributed by atoms with Gasteiger partial charge in [-0.1, -0.05) is 55.7 Å². The minimum atomic E-state index is 0. The van der Waals surface area contributed by atoms with Gasteiger partial charge in [-0.2, -0.15) is 0 Å². The fraction of sp³-hybridized carbons (Fsp3) is 0.455. The topological polar surface area (TPSA) is 0 Å². The Kier molecular flexibility index (Phi) is 10.8. The van der Waals surface area contributed by atoms with Gasteiger partial charge >= 0.3 is 0 Å². The number of aryl methyl sites for hydroxylation is 2. The molecule has 0 aliphatic heterocycles. The number of hydrogen-bond acceptors (Lipinski definition) is 0. The molecule has 0 saturated heterocycles. The Morgan fingerprint density at radius 3 is 1.17 bits per heavy atom. The third-order valence-electron chi connectivity index (χ3n) is 1.22. The van der Waals surface area contributed by atoms with E-state index in [2.05, 4.69) is 52.0 Å². The molecule has 0 atom stereocenters. The van der Waals surface area contributed by atoms with Crippen molar-refractivity contribution in [1.29, 1.82) is 0 Å². The summed E-state index contributed by atoms with van der Waals surface area (Å²) in [6.45, 7) is 8.44. The quantitative estimate of drug-likeness (QED) is 0.678. The molecule has 0 saturated carbocycles. The van der Waals surface area contributed by atoms with Gasteiger partial charge < -0.3 is 0 Å². The van der Waals surface area contributed by atoms with E-state index in [0.29, 0.717) is 0 Å². The standard InChI is InChI=1S/C8H10.C3H8.W/c1-7-3-5-8(2)6-4-7;1-3-2;/h3-6H,1-2H3;3H2,1-2H3;. The van der Waals surface area contributed by atoms with Gasteiger partial charge in [-0.25, -0.2) is 0 Å². The van der Waals surface area contributed by atoms with E-state index in [0.717, 1.165) is 0 Å². The second-order valence-corrected chi connectivity index (χ2v) is 2.86. The van der Waals surface area contributed by atoms with Crippen molar-refractivity contribution >= 4 is 0 Å². The van der Waals surface area contributed by atoms with Gasteiger partial charge in [0.05, 0.1) is 0 Å². The molecule has 0 amide bonds. The minimum Gasteiger partial charge on any atom is -0.0656 e. The Labute approximate surface area is 90.7 Å². The van der Waals surface area contributed by atoms with Crippen LogP contribution in [0.4, 0.5) is 0 Å². The van der Waals surface area contributed by atoms with E-state index in [9.17, 15) is 0 Å². The monoisotopic (exact) mass is 334 g/mol. The second-order valence-electron chi connectivity index (χ2n) is 2.86. The molecule has 0 unspecified atom stereocenters. The summed E-state index contributed by atoms with van der Waals surface area (Å²) in [5.74, 6) is 0. The molecule has 1 aromatic carbocycles. The molecule has 0 nitrogen and oxygen atoms in total. The summed E-state index contributed by atoms with van der Waals surface area (Å²) in [7, 11) is 0. The zero-order valence-electron chi connectivity index (χ0n) is 8.42. The van der Waals surface area contributed by atoms with Crippen LogP contribution < -0.4 is 0 Å². The summed E-state index contributed by atoms with van der Waals surface area (Å²) in [6.07, 6.45) is 1.25. The molecule has 0 fully saturated rings. The average Bonchev–Trinajstić information content (AvgIpc) is 1.97. The first kappa shape index (κ1) is 14.4. The second kappa shape index (κ2) is 9.00. The molecular formula is C11H18W. The van der Waals surface area contributed by atoms with E-state index in [-0.39, 0.29) is 21.1 Å². The molecule has 0 spiro atoms. The molecule has 0 radical (unpaired) electrons. The van der Waals surface area contributed by atoms with E-state index >= 15 is 0 Å². The van der Waals surface area contributed by atoms with Crippen molar-refractivity contribution in [2.75, 3.05) is 0 Å². The van der Waals surface area contributed by atoms with Crippen molar-refractivity contribution in [2.24, 2.45) is 0 Å². The van der Waals surface area contributed by atoms with E-state index < -0.39 is 0 Å². The van der Waals surface area contributed by atoms with Gasteiger partial charge in [-0.3, -0.25) is 0 Å². The molecule has 1 aromatic rings. The number of rotatable bonds is 0. The first-order valence-electron chi connectivity index (χ1n) is 4.24. The largest absolute Gasteiger partial charge is 0.0656 e. The third kappa shape index (κ3) is 8.01. The minimum absolute atomic E-state index is 0. The SMILES string of the molecule is CCC.Cc1ccc(C)cc1.[W]. The molecule has 0 N–H and O–H groups in total. The van der Waals surface area contributed by atoms with Crippen molar-refractivity contribution in [3.63, 3.8) is 0 Å². The first-order chi connectivity index (χ1) is 5.20. The number of benzene rings is 1. The summed E-state index contributed by atoms with van der Waals surface area (Å²) in [5, 5.41) is 0. The summed E-state index contributed by atoms with van der Waals surface area (Å²) in [6, 6.07) is 8.48. The fourth-order valence-corrected chi connectivity index (χ4v) is 0.637. The Morgan fingerprint density at radius 2 is 1.00 bits per heavy atom. The molecule has 0 aromatic heterocycles. The van der Waals surface area contributed by atoms with Crippen molar-refractivity contribution in [2.45, 2.75) is 34.1 Å². The van der Waals surface area contributed by atoms with Crippen LogP contribution in [0.15, 0.2) is 24.3 Å². The van der Waals surface area contributed by atoms with Crippen molar-refractivity contribution in [1.82, 2.24) is 0 Å². The zero-order chi connectivity index (χ0) is 8.69. The fourth-order valence-electron chi connectivity index (χ4n) is 0.637. The molecule has 0 aliphatic carbocycles. The van der Waals surface area contributed by atoms with Crippen LogP contribution in [0.3, 0.4) is 0 Å². The van der Waals surface area contributed by atoms with Crippen molar-refractivity contribution < 1.29 is 21.1 Å². The van der Waals surface area contributed by atoms with Crippen LogP contribution in [-0.2, 0) is 21.1 Å². The average molecular weight is 334 g/mol. The van der Waals surface area contributed by atoms with Gasteiger partial charge in [-0.05, 0) is 13.8 Å². The van der Waals surface area contributed by atoms with E-state index in [1.54, 1.807) is 0 Å². The zero-order valence-corrected chi connectivity index (χ0v) is 11.4. The molecular weight excluding hydrogens is 316 g/mol. The van der Waals surface area contributed by atoms with Gasteiger partial charge in [0.2, 0.25) is 0 Å². The third-order valence-corrected chi connectivity index (χ3v) is 1.22. The predicted octanol–water partition coefficient (Wildman–Crippen LogP) is 3.72. The van der Waals surface area contributed by atoms with Gasteiger partial charge in [0.1, 0.15) is 0 Å². The van der Waals surface area contributed by atoms with Gasteiger partial charge in [0, 0.05) is 21.1 Å². The Balaban J connectivity index is 0. The molecule has 0 heterocycles.